The lowest BCUT2D eigenvalue weighted by Gasteiger charge is -2.05. The first-order valence-corrected chi connectivity index (χ1v) is 7.03. The first-order valence-electron chi connectivity index (χ1n) is 7.03. The SMILES string of the molecule is Cc1ccccc1-c1nc2cc3c(cc2n1C)CCN3. The van der Waals surface area contributed by atoms with E-state index in [4.69, 9.17) is 4.98 Å². The van der Waals surface area contributed by atoms with E-state index in [-0.39, 0.29) is 0 Å². The highest BCUT2D eigenvalue weighted by molar-refractivity contribution is 5.86. The van der Waals surface area contributed by atoms with Crippen LogP contribution in [-0.2, 0) is 13.5 Å². The number of imidazole rings is 1. The van der Waals surface area contributed by atoms with E-state index >= 15 is 0 Å². The quantitative estimate of drug-likeness (QED) is 0.728. The molecule has 1 aliphatic heterocycles. The molecule has 2 heterocycles. The summed E-state index contributed by atoms with van der Waals surface area (Å²) in [6.07, 6.45) is 1.11. The molecule has 3 aromatic rings. The minimum Gasteiger partial charge on any atom is -0.384 e. The molecule has 0 amide bonds. The molecule has 0 fully saturated rings. The number of hydrogen-bond acceptors (Lipinski definition) is 2. The minimum atomic E-state index is 1.04. The summed E-state index contributed by atoms with van der Waals surface area (Å²) in [7, 11) is 2.10. The summed E-state index contributed by atoms with van der Waals surface area (Å²) in [6.45, 7) is 3.17. The number of benzene rings is 2. The molecule has 3 nitrogen and oxygen atoms in total. The lowest BCUT2D eigenvalue weighted by molar-refractivity contribution is 0.956. The van der Waals surface area contributed by atoms with Crippen LogP contribution in [0.1, 0.15) is 11.1 Å². The first kappa shape index (κ1) is 11.5. The van der Waals surface area contributed by atoms with Gasteiger partial charge in [-0.3, -0.25) is 0 Å². The molecular formula is C17H17N3. The molecular weight excluding hydrogens is 246 g/mol. The van der Waals surface area contributed by atoms with Crippen molar-refractivity contribution in [2.75, 3.05) is 11.9 Å². The van der Waals surface area contributed by atoms with E-state index in [1.165, 1.54) is 27.9 Å². The minimum absolute atomic E-state index is 1.04. The number of fused-ring (bicyclic) bond motifs is 2. The molecule has 1 aliphatic rings. The van der Waals surface area contributed by atoms with Gasteiger partial charge in [0.1, 0.15) is 5.82 Å². The monoisotopic (exact) mass is 263 g/mol. The Labute approximate surface area is 118 Å². The van der Waals surface area contributed by atoms with Gasteiger partial charge in [0, 0.05) is 24.8 Å². The van der Waals surface area contributed by atoms with Gasteiger partial charge in [0.05, 0.1) is 11.0 Å². The van der Waals surface area contributed by atoms with Crippen LogP contribution in [0.15, 0.2) is 36.4 Å². The average Bonchev–Trinajstić information content (AvgIpc) is 3.02. The Hall–Kier alpha value is -2.29. The van der Waals surface area contributed by atoms with Crippen LogP contribution in [0.4, 0.5) is 5.69 Å². The highest BCUT2D eigenvalue weighted by atomic mass is 15.1. The van der Waals surface area contributed by atoms with E-state index < -0.39 is 0 Å². The standard InChI is InChI=1S/C17H17N3/c1-11-5-3-4-6-13(11)17-19-15-10-14-12(7-8-18-14)9-16(15)20(17)2/h3-6,9-10,18H,7-8H2,1-2H3. The Morgan fingerprint density at radius 2 is 2.05 bits per heavy atom. The van der Waals surface area contributed by atoms with Crippen molar-refractivity contribution in [3.63, 3.8) is 0 Å². The van der Waals surface area contributed by atoms with Crippen molar-refractivity contribution < 1.29 is 0 Å². The summed E-state index contributed by atoms with van der Waals surface area (Å²) in [5.74, 6) is 1.04. The fourth-order valence-electron chi connectivity index (χ4n) is 3.05. The molecule has 0 saturated carbocycles. The number of anilines is 1. The largest absolute Gasteiger partial charge is 0.384 e. The normalized spacial score (nSPS) is 13.5. The van der Waals surface area contributed by atoms with Crippen LogP contribution in [0.25, 0.3) is 22.4 Å². The first-order chi connectivity index (χ1) is 9.74. The fraction of sp³-hybridized carbons (Fsp3) is 0.235. The summed E-state index contributed by atoms with van der Waals surface area (Å²) in [5, 5.41) is 3.42. The molecule has 1 N–H and O–H groups in total. The third-order valence-corrected chi connectivity index (χ3v) is 4.20. The van der Waals surface area contributed by atoms with Crippen LogP contribution in [0.3, 0.4) is 0 Å². The lowest BCUT2D eigenvalue weighted by atomic mass is 10.1. The maximum Gasteiger partial charge on any atom is 0.141 e. The van der Waals surface area contributed by atoms with Crippen LogP contribution in [-0.4, -0.2) is 16.1 Å². The molecule has 20 heavy (non-hydrogen) atoms. The molecule has 0 spiro atoms. The Bertz CT molecular complexity index is 814. The van der Waals surface area contributed by atoms with E-state index in [9.17, 15) is 0 Å². The molecule has 0 saturated heterocycles. The molecule has 0 aliphatic carbocycles. The van der Waals surface area contributed by atoms with Gasteiger partial charge < -0.3 is 9.88 Å². The maximum atomic E-state index is 4.84. The Morgan fingerprint density at radius 1 is 1.20 bits per heavy atom. The number of aryl methyl sites for hydroxylation is 2. The number of hydrogen-bond donors (Lipinski definition) is 1. The molecule has 0 bridgehead atoms. The van der Waals surface area contributed by atoms with Crippen molar-refractivity contribution in [2.45, 2.75) is 13.3 Å². The predicted octanol–water partition coefficient (Wildman–Crippen LogP) is 3.52. The van der Waals surface area contributed by atoms with Crippen molar-refractivity contribution >= 4 is 16.7 Å². The van der Waals surface area contributed by atoms with Gasteiger partial charge >= 0.3 is 0 Å². The molecule has 0 atom stereocenters. The zero-order valence-electron chi connectivity index (χ0n) is 11.8. The average molecular weight is 263 g/mol. The molecule has 2 aromatic carbocycles. The van der Waals surface area contributed by atoms with Crippen LogP contribution < -0.4 is 5.32 Å². The van der Waals surface area contributed by atoms with Crippen molar-refractivity contribution in [1.82, 2.24) is 9.55 Å². The Kier molecular flexibility index (Phi) is 2.36. The maximum absolute atomic E-state index is 4.84. The van der Waals surface area contributed by atoms with Crippen molar-refractivity contribution in [2.24, 2.45) is 7.05 Å². The molecule has 0 unspecified atom stereocenters. The number of rotatable bonds is 1. The third-order valence-electron chi connectivity index (χ3n) is 4.20. The van der Waals surface area contributed by atoms with E-state index in [2.05, 4.69) is 60.3 Å². The molecule has 4 rings (SSSR count). The lowest BCUT2D eigenvalue weighted by Crippen LogP contribution is -1.94. The van der Waals surface area contributed by atoms with Gasteiger partial charge in [0.15, 0.2) is 0 Å². The fourth-order valence-corrected chi connectivity index (χ4v) is 3.05. The summed E-state index contributed by atoms with van der Waals surface area (Å²) in [5.41, 5.74) is 7.39. The van der Waals surface area contributed by atoms with Gasteiger partial charge in [0.25, 0.3) is 0 Å². The van der Waals surface area contributed by atoms with Crippen LogP contribution >= 0.6 is 0 Å². The van der Waals surface area contributed by atoms with E-state index in [1.807, 2.05) is 0 Å². The van der Waals surface area contributed by atoms with Crippen molar-refractivity contribution in [3.05, 3.63) is 47.5 Å². The van der Waals surface area contributed by atoms with Gasteiger partial charge in [-0.25, -0.2) is 4.98 Å². The van der Waals surface area contributed by atoms with E-state index in [0.29, 0.717) is 0 Å². The van der Waals surface area contributed by atoms with Gasteiger partial charge in [-0.05, 0) is 36.6 Å². The molecule has 0 radical (unpaired) electrons. The highest BCUT2D eigenvalue weighted by Gasteiger charge is 2.16. The summed E-state index contributed by atoms with van der Waals surface area (Å²) < 4.78 is 2.20. The predicted molar refractivity (Wildman–Crippen MR) is 83.1 cm³/mol. The van der Waals surface area contributed by atoms with Crippen LogP contribution in [0, 0.1) is 6.92 Å². The number of nitrogens with zero attached hydrogens (tertiary/aromatic N) is 2. The second-order valence-electron chi connectivity index (χ2n) is 5.48. The topological polar surface area (TPSA) is 29.9 Å². The zero-order valence-corrected chi connectivity index (χ0v) is 11.8. The third kappa shape index (κ3) is 1.56. The van der Waals surface area contributed by atoms with Gasteiger partial charge in [-0.2, -0.15) is 0 Å². The van der Waals surface area contributed by atoms with Crippen molar-refractivity contribution in [3.8, 4) is 11.4 Å². The Morgan fingerprint density at radius 3 is 2.90 bits per heavy atom. The van der Waals surface area contributed by atoms with Gasteiger partial charge in [-0.15, -0.1) is 0 Å². The highest BCUT2D eigenvalue weighted by Crippen LogP contribution is 2.31. The second-order valence-corrected chi connectivity index (χ2v) is 5.48. The Balaban J connectivity index is 1.98. The molecule has 1 aromatic heterocycles. The summed E-state index contributed by atoms with van der Waals surface area (Å²) in [4.78, 5) is 4.84. The number of aromatic nitrogens is 2. The summed E-state index contributed by atoms with van der Waals surface area (Å²) in [6, 6.07) is 12.9. The van der Waals surface area contributed by atoms with E-state index in [0.717, 1.165) is 24.3 Å². The van der Waals surface area contributed by atoms with Gasteiger partial charge in [-0.1, -0.05) is 24.3 Å². The van der Waals surface area contributed by atoms with E-state index in [1.54, 1.807) is 0 Å². The molecule has 100 valence electrons. The zero-order chi connectivity index (χ0) is 13.7. The second kappa shape index (κ2) is 4.10. The van der Waals surface area contributed by atoms with Crippen LogP contribution in [0.5, 0.6) is 0 Å². The summed E-state index contributed by atoms with van der Waals surface area (Å²) >= 11 is 0. The van der Waals surface area contributed by atoms with Crippen molar-refractivity contribution in [1.29, 1.82) is 0 Å². The smallest absolute Gasteiger partial charge is 0.141 e. The van der Waals surface area contributed by atoms with Crippen LogP contribution in [0.2, 0.25) is 0 Å². The number of nitrogens with one attached hydrogen (secondary N) is 1. The molecule has 3 heteroatoms. The van der Waals surface area contributed by atoms with Gasteiger partial charge in [0.2, 0.25) is 0 Å².